The summed E-state index contributed by atoms with van der Waals surface area (Å²) in [6.45, 7) is 3.78. The Morgan fingerprint density at radius 2 is 1.76 bits per heavy atom. The van der Waals surface area contributed by atoms with Gasteiger partial charge in [0.1, 0.15) is 11.4 Å². The number of thioether (sulfide) groups is 1. The van der Waals surface area contributed by atoms with E-state index in [1.165, 1.54) is 23.1 Å². The first-order valence-corrected chi connectivity index (χ1v) is 15.7. The maximum atomic E-state index is 13.5. The van der Waals surface area contributed by atoms with Crippen molar-refractivity contribution in [2.45, 2.75) is 30.4 Å². The summed E-state index contributed by atoms with van der Waals surface area (Å²) in [4.78, 5) is 56.0. The number of hydrogen-bond donors (Lipinski definition) is 3. The van der Waals surface area contributed by atoms with Crippen LogP contribution in [0.25, 0.3) is 6.08 Å². The van der Waals surface area contributed by atoms with Gasteiger partial charge in [0, 0.05) is 21.5 Å². The van der Waals surface area contributed by atoms with Crippen LogP contribution in [0, 0.1) is 0 Å². The minimum Gasteiger partial charge on any atom is -0.497 e. The summed E-state index contributed by atoms with van der Waals surface area (Å²) in [7, 11) is 1.55. The fraction of sp³-hybridized carbons (Fsp3) is 0.182. The lowest BCUT2D eigenvalue weighted by atomic mass is 10.1. The Morgan fingerprint density at radius 3 is 2.51 bits per heavy atom. The predicted octanol–water partition coefficient (Wildman–Crippen LogP) is 5.79. The minimum absolute atomic E-state index is 0.0358. The van der Waals surface area contributed by atoms with Crippen molar-refractivity contribution in [3.63, 3.8) is 0 Å². The summed E-state index contributed by atoms with van der Waals surface area (Å²) in [5, 5.41) is 9.94. The molecule has 1 aromatic heterocycles. The zero-order valence-corrected chi connectivity index (χ0v) is 26.5. The van der Waals surface area contributed by atoms with E-state index in [-0.39, 0.29) is 30.6 Å². The predicted molar refractivity (Wildman–Crippen MR) is 176 cm³/mol. The molecule has 0 aliphatic rings. The van der Waals surface area contributed by atoms with Gasteiger partial charge in [0.15, 0.2) is 5.13 Å². The van der Waals surface area contributed by atoms with E-state index in [1.54, 1.807) is 105 Å². The molecule has 0 saturated carbocycles. The van der Waals surface area contributed by atoms with Crippen LogP contribution in [-0.2, 0) is 25.5 Å². The first-order chi connectivity index (χ1) is 21.7. The molecule has 12 heteroatoms. The molecule has 1 heterocycles. The van der Waals surface area contributed by atoms with Gasteiger partial charge < -0.3 is 25.4 Å². The van der Waals surface area contributed by atoms with Gasteiger partial charge in [0.2, 0.25) is 5.91 Å². The highest BCUT2D eigenvalue weighted by Crippen LogP contribution is 2.27. The van der Waals surface area contributed by atoms with E-state index >= 15 is 0 Å². The average molecular weight is 645 g/mol. The molecular formula is C33H32N4O6S2. The van der Waals surface area contributed by atoms with Gasteiger partial charge in [-0.2, -0.15) is 0 Å². The van der Waals surface area contributed by atoms with Crippen LogP contribution in [0.4, 0.5) is 10.8 Å². The van der Waals surface area contributed by atoms with Crippen molar-refractivity contribution < 1.29 is 28.7 Å². The molecule has 45 heavy (non-hydrogen) atoms. The fourth-order valence-electron chi connectivity index (χ4n) is 3.96. The van der Waals surface area contributed by atoms with Crippen LogP contribution in [0.3, 0.4) is 0 Å². The number of nitrogens with zero attached hydrogens (tertiary/aromatic N) is 1. The van der Waals surface area contributed by atoms with Crippen LogP contribution in [0.5, 0.6) is 5.75 Å². The highest BCUT2D eigenvalue weighted by atomic mass is 32.2. The topological polar surface area (TPSA) is 136 Å². The molecule has 1 unspecified atom stereocenters. The molecule has 4 rings (SSSR count). The second-order valence-electron chi connectivity index (χ2n) is 9.51. The standard InChI is InChI=1S/C33H32N4O6S2/c1-4-43-29(38)19-25-20-44-33(35-25)37-30(39)21(2)45-27-15-9-13-24(18-27)34-32(41)28(17-22-10-8-14-26(16-22)42-3)36-31(40)23-11-6-5-7-12-23/h5-18,20-21H,4,19H2,1-3H3,(H,34,41)(H,36,40)(H,35,37,39)/b28-17-. The van der Waals surface area contributed by atoms with Crippen LogP contribution >= 0.6 is 23.1 Å². The minimum atomic E-state index is -0.530. The van der Waals surface area contributed by atoms with Crippen molar-refractivity contribution in [2.75, 3.05) is 24.4 Å². The smallest absolute Gasteiger partial charge is 0.311 e. The van der Waals surface area contributed by atoms with E-state index in [1.807, 2.05) is 6.07 Å². The summed E-state index contributed by atoms with van der Waals surface area (Å²) in [5.41, 5.74) is 2.10. The van der Waals surface area contributed by atoms with Crippen molar-refractivity contribution in [2.24, 2.45) is 0 Å². The molecular weight excluding hydrogens is 613 g/mol. The molecule has 0 radical (unpaired) electrons. The number of ether oxygens (including phenoxy) is 2. The van der Waals surface area contributed by atoms with Gasteiger partial charge in [-0.05, 0) is 68.0 Å². The maximum absolute atomic E-state index is 13.5. The molecule has 0 aliphatic heterocycles. The van der Waals surface area contributed by atoms with E-state index < -0.39 is 17.1 Å². The van der Waals surface area contributed by atoms with Crippen LogP contribution in [-0.4, -0.2) is 47.6 Å². The number of hydrogen-bond acceptors (Lipinski definition) is 9. The Bertz CT molecular complexity index is 1690. The molecule has 0 saturated heterocycles. The van der Waals surface area contributed by atoms with E-state index in [0.717, 1.165) is 4.90 Å². The summed E-state index contributed by atoms with van der Waals surface area (Å²) in [6, 6.07) is 22.8. The molecule has 232 valence electrons. The molecule has 3 amide bonds. The lowest BCUT2D eigenvalue weighted by molar-refractivity contribution is -0.142. The lowest BCUT2D eigenvalue weighted by Crippen LogP contribution is -2.30. The number of rotatable bonds is 13. The number of carbonyl (C=O) groups excluding carboxylic acids is 4. The zero-order chi connectivity index (χ0) is 32.2. The molecule has 1 atom stereocenters. The van der Waals surface area contributed by atoms with Gasteiger partial charge in [0.05, 0.1) is 31.1 Å². The van der Waals surface area contributed by atoms with E-state index in [0.29, 0.717) is 33.4 Å². The number of carbonyl (C=O) groups is 4. The number of aromatic nitrogens is 1. The molecule has 0 fully saturated rings. The van der Waals surface area contributed by atoms with Crippen molar-refractivity contribution in [1.29, 1.82) is 0 Å². The summed E-state index contributed by atoms with van der Waals surface area (Å²) in [6.07, 6.45) is 1.61. The summed E-state index contributed by atoms with van der Waals surface area (Å²) in [5.74, 6) is -1.00. The highest BCUT2D eigenvalue weighted by molar-refractivity contribution is 8.00. The zero-order valence-electron chi connectivity index (χ0n) is 24.9. The van der Waals surface area contributed by atoms with E-state index in [9.17, 15) is 19.2 Å². The van der Waals surface area contributed by atoms with Gasteiger partial charge in [-0.3, -0.25) is 19.2 Å². The third kappa shape index (κ3) is 10.1. The summed E-state index contributed by atoms with van der Waals surface area (Å²) < 4.78 is 10.2. The van der Waals surface area contributed by atoms with E-state index in [2.05, 4.69) is 20.9 Å². The van der Waals surface area contributed by atoms with Gasteiger partial charge in [-0.25, -0.2) is 4.98 Å². The molecule has 10 nitrogen and oxygen atoms in total. The van der Waals surface area contributed by atoms with Gasteiger partial charge in [-0.1, -0.05) is 36.4 Å². The Morgan fingerprint density at radius 1 is 0.978 bits per heavy atom. The van der Waals surface area contributed by atoms with E-state index in [4.69, 9.17) is 9.47 Å². The van der Waals surface area contributed by atoms with Crippen molar-refractivity contribution in [3.05, 3.63) is 107 Å². The Balaban J connectivity index is 1.43. The average Bonchev–Trinajstić information content (AvgIpc) is 3.47. The quantitative estimate of drug-likeness (QED) is 0.0946. The summed E-state index contributed by atoms with van der Waals surface area (Å²) >= 11 is 2.53. The molecule has 4 aromatic rings. The Kier molecular flexibility index (Phi) is 11.9. The molecule has 0 bridgehead atoms. The van der Waals surface area contributed by atoms with Crippen molar-refractivity contribution in [1.82, 2.24) is 10.3 Å². The normalized spacial score (nSPS) is 11.7. The third-order valence-corrected chi connectivity index (χ3v) is 8.02. The Hall–Kier alpha value is -4.94. The monoisotopic (exact) mass is 644 g/mol. The number of benzene rings is 3. The van der Waals surface area contributed by atoms with Crippen LogP contribution < -0.4 is 20.7 Å². The van der Waals surface area contributed by atoms with Gasteiger partial charge >= 0.3 is 5.97 Å². The highest BCUT2D eigenvalue weighted by Gasteiger charge is 2.19. The third-order valence-electron chi connectivity index (χ3n) is 6.12. The Labute approximate surface area is 269 Å². The largest absolute Gasteiger partial charge is 0.497 e. The lowest BCUT2D eigenvalue weighted by Gasteiger charge is -2.14. The van der Waals surface area contributed by atoms with Gasteiger partial charge in [-0.15, -0.1) is 23.1 Å². The first kappa shape index (κ1) is 33.0. The fourth-order valence-corrected chi connectivity index (χ4v) is 5.60. The second kappa shape index (κ2) is 16.2. The molecule has 0 spiro atoms. The van der Waals surface area contributed by atoms with Crippen molar-refractivity contribution >= 4 is 63.7 Å². The SMILES string of the molecule is CCOC(=O)Cc1csc(NC(=O)C(C)Sc2cccc(NC(=O)/C(=C/c3cccc(OC)c3)NC(=O)c3ccccc3)c2)n1. The molecule has 3 aromatic carbocycles. The number of esters is 1. The maximum Gasteiger partial charge on any atom is 0.311 e. The molecule has 3 N–H and O–H groups in total. The van der Waals surface area contributed by atoms with Gasteiger partial charge in [0.25, 0.3) is 11.8 Å². The van der Waals surface area contributed by atoms with Crippen LogP contribution in [0.15, 0.2) is 94.8 Å². The number of anilines is 2. The van der Waals surface area contributed by atoms with Crippen LogP contribution in [0.2, 0.25) is 0 Å². The number of methoxy groups -OCH3 is 1. The van der Waals surface area contributed by atoms with Crippen molar-refractivity contribution in [3.8, 4) is 5.75 Å². The number of amides is 3. The number of nitrogens with one attached hydrogen (secondary N) is 3. The second-order valence-corrected chi connectivity index (χ2v) is 11.8. The number of thiazole rings is 1. The first-order valence-electron chi connectivity index (χ1n) is 13.9. The van der Waals surface area contributed by atoms with Crippen LogP contribution in [0.1, 0.15) is 35.5 Å². The molecule has 0 aliphatic carbocycles.